The number of aromatic nitrogens is 2. The van der Waals surface area contributed by atoms with Gasteiger partial charge in [0.1, 0.15) is 0 Å². The molecule has 0 saturated carbocycles. The summed E-state index contributed by atoms with van der Waals surface area (Å²) in [5, 5.41) is 11.5. The summed E-state index contributed by atoms with van der Waals surface area (Å²) in [6.07, 6.45) is 3.44. The number of hydrogen-bond donors (Lipinski definition) is 2. The summed E-state index contributed by atoms with van der Waals surface area (Å²) < 4.78 is 7.18. The average molecular weight is 492 g/mol. The molecule has 0 aromatic carbocycles. The molecule has 2 rings (SSSR count). The molecule has 1 fully saturated rings. The van der Waals surface area contributed by atoms with Crippen molar-refractivity contribution in [1.82, 2.24) is 25.3 Å². The van der Waals surface area contributed by atoms with E-state index < -0.39 is 0 Å². The van der Waals surface area contributed by atoms with Gasteiger partial charge >= 0.3 is 0 Å². The Bertz CT molecular complexity index is 603. The molecule has 2 N–H and O–H groups in total. The van der Waals surface area contributed by atoms with Gasteiger partial charge in [-0.1, -0.05) is 0 Å². The van der Waals surface area contributed by atoms with E-state index in [1.165, 1.54) is 24.1 Å². The minimum atomic E-state index is 0. The molecule has 1 saturated heterocycles. The fourth-order valence-corrected chi connectivity index (χ4v) is 3.74. The van der Waals surface area contributed by atoms with Gasteiger partial charge in [0.25, 0.3) is 0 Å². The van der Waals surface area contributed by atoms with Crippen LogP contribution in [0.1, 0.15) is 36.7 Å². The van der Waals surface area contributed by atoms with Crippen molar-refractivity contribution >= 4 is 29.9 Å². The number of likely N-dealkylation sites (tertiary alicyclic amines) is 1. The molecule has 0 radical (unpaired) electrons. The average Bonchev–Trinajstić information content (AvgIpc) is 3.16. The Labute approximate surface area is 181 Å². The lowest BCUT2D eigenvalue weighted by molar-refractivity contribution is 0.141. The van der Waals surface area contributed by atoms with E-state index in [2.05, 4.69) is 46.4 Å². The zero-order chi connectivity index (χ0) is 19.1. The number of hydrogen-bond acceptors (Lipinski definition) is 4. The number of rotatable bonds is 8. The highest BCUT2D eigenvalue weighted by molar-refractivity contribution is 14.0. The van der Waals surface area contributed by atoms with Crippen LogP contribution >= 0.6 is 24.0 Å². The second-order valence-electron chi connectivity index (χ2n) is 7.30. The Kier molecular flexibility index (Phi) is 10.6. The number of nitrogens with one attached hydrogen (secondary N) is 2. The van der Waals surface area contributed by atoms with Crippen LogP contribution < -0.4 is 10.6 Å². The van der Waals surface area contributed by atoms with Crippen LogP contribution in [0.25, 0.3) is 0 Å². The maximum Gasteiger partial charge on any atom is 0.191 e. The largest absolute Gasteiger partial charge is 0.383 e. The lowest BCUT2D eigenvalue weighted by Crippen LogP contribution is -2.48. The first-order valence-corrected chi connectivity index (χ1v) is 9.65. The van der Waals surface area contributed by atoms with Gasteiger partial charge in [0.2, 0.25) is 0 Å². The molecule has 7 nitrogen and oxygen atoms in total. The zero-order valence-corrected chi connectivity index (χ0v) is 20.0. The summed E-state index contributed by atoms with van der Waals surface area (Å²) in [6.45, 7) is 10.3. The van der Waals surface area contributed by atoms with Gasteiger partial charge < -0.3 is 15.4 Å². The van der Waals surface area contributed by atoms with Gasteiger partial charge in [0.05, 0.1) is 12.3 Å². The van der Waals surface area contributed by atoms with Gasteiger partial charge in [0, 0.05) is 52.1 Å². The van der Waals surface area contributed by atoms with Crippen molar-refractivity contribution in [1.29, 1.82) is 0 Å². The zero-order valence-electron chi connectivity index (χ0n) is 17.7. The molecule has 1 aromatic rings. The predicted octanol–water partition coefficient (Wildman–Crippen LogP) is 1.86. The van der Waals surface area contributed by atoms with E-state index >= 15 is 0 Å². The number of aryl methyl sites for hydroxylation is 2. The van der Waals surface area contributed by atoms with Crippen LogP contribution in [0, 0.1) is 13.8 Å². The molecule has 0 amide bonds. The topological polar surface area (TPSA) is 66.7 Å². The molecule has 1 aromatic heterocycles. The van der Waals surface area contributed by atoms with Gasteiger partial charge in [-0.05, 0) is 52.1 Å². The van der Waals surface area contributed by atoms with Crippen LogP contribution in [0.3, 0.4) is 0 Å². The van der Waals surface area contributed by atoms with Crippen molar-refractivity contribution in [3.05, 3.63) is 17.0 Å². The van der Waals surface area contributed by atoms with Crippen LogP contribution in [0.15, 0.2) is 4.99 Å². The molecule has 156 valence electrons. The van der Waals surface area contributed by atoms with Crippen LogP contribution in [-0.2, 0) is 18.2 Å². The van der Waals surface area contributed by atoms with Crippen LogP contribution in [0.5, 0.6) is 0 Å². The first-order valence-electron chi connectivity index (χ1n) is 9.65. The van der Waals surface area contributed by atoms with Gasteiger partial charge in [-0.3, -0.25) is 14.6 Å². The number of methoxy groups -OCH3 is 1. The van der Waals surface area contributed by atoms with E-state index in [0.29, 0.717) is 6.04 Å². The summed E-state index contributed by atoms with van der Waals surface area (Å²) in [5.74, 6) is 0.871. The van der Waals surface area contributed by atoms with E-state index in [9.17, 15) is 0 Å². The van der Waals surface area contributed by atoms with Crippen molar-refractivity contribution in [2.75, 3.05) is 40.4 Å². The molecule has 1 aliphatic rings. The highest BCUT2D eigenvalue weighted by Gasteiger charge is 2.24. The maximum absolute atomic E-state index is 5.22. The molecule has 8 heteroatoms. The fraction of sp³-hybridized carbons (Fsp3) is 0.789. The summed E-state index contributed by atoms with van der Waals surface area (Å²) in [5.41, 5.74) is 3.67. The summed E-state index contributed by atoms with van der Waals surface area (Å²) in [7, 11) is 5.60. The van der Waals surface area contributed by atoms with Crippen molar-refractivity contribution in [3.8, 4) is 0 Å². The van der Waals surface area contributed by atoms with Crippen molar-refractivity contribution in [2.24, 2.45) is 12.0 Å². The normalized spacial score (nSPS) is 19.0. The molecule has 27 heavy (non-hydrogen) atoms. The summed E-state index contributed by atoms with van der Waals surface area (Å²) >= 11 is 0. The standard InChI is InChI=1S/C19H36N6O.HI/c1-14(12-18-15(2)23-24(5)16(18)3)22-19(20-4)21-13-17-8-7-9-25(17)10-11-26-6;/h14,17H,7-13H2,1-6H3,(H2,20,21,22);1H. The van der Waals surface area contributed by atoms with E-state index in [-0.39, 0.29) is 30.0 Å². The Morgan fingerprint density at radius 1 is 1.41 bits per heavy atom. The van der Waals surface area contributed by atoms with E-state index in [1.807, 2.05) is 18.8 Å². The Morgan fingerprint density at radius 3 is 2.74 bits per heavy atom. The van der Waals surface area contributed by atoms with Crippen molar-refractivity contribution in [3.63, 3.8) is 0 Å². The van der Waals surface area contributed by atoms with Crippen LogP contribution in [0.2, 0.25) is 0 Å². The highest BCUT2D eigenvalue weighted by Crippen LogP contribution is 2.16. The molecule has 2 heterocycles. The first kappa shape index (κ1) is 24.2. The number of ether oxygens (including phenoxy) is 1. The van der Waals surface area contributed by atoms with Crippen LogP contribution in [0.4, 0.5) is 0 Å². The van der Waals surface area contributed by atoms with E-state index in [1.54, 1.807) is 7.11 Å². The summed E-state index contributed by atoms with van der Waals surface area (Å²) in [4.78, 5) is 6.91. The number of aliphatic imine (C=N–C) groups is 1. The lowest BCUT2D eigenvalue weighted by Gasteiger charge is -2.26. The summed E-state index contributed by atoms with van der Waals surface area (Å²) in [6, 6.07) is 0.845. The molecule has 2 unspecified atom stereocenters. The molecular weight excluding hydrogens is 455 g/mol. The number of nitrogens with zero attached hydrogens (tertiary/aromatic N) is 4. The third-order valence-corrected chi connectivity index (χ3v) is 5.36. The maximum atomic E-state index is 5.22. The fourth-order valence-electron chi connectivity index (χ4n) is 3.74. The monoisotopic (exact) mass is 492 g/mol. The minimum absolute atomic E-state index is 0. The van der Waals surface area contributed by atoms with Gasteiger partial charge in [-0.25, -0.2) is 0 Å². The molecule has 0 spiro atoms. The molecule has 0 bridgehead atoms. The van der Waals surface area contributed by atoms with Crippen molar-refractivity contribution < 1.29 is 4.74 Å². The molecule has 2 atom stereocenters. The lowest BCUT2D eigenvalue weighted by atomic mass is 10.1. The number of guanidine groups is 1. The third kappa shape index (κ3) is 6.90. The van der Waals surface area contributed by atoms with E-state index in [0.717, 1.165) is 44.3 Å². The SMILES string of the molecule is CN=C(NCC1CCCN1CCOC)NC(C)Cc1c(C)nn(C)c1C.I. The molecule has 0 aliphatic carbocycles. The van der Waals surface area contributed by atoms with Crippen LogP contribution in [-0.4, -0.2) is 73.1 Å². The Hall–Kier alpha value is -0.870. The van der Waals surface area contributed by atoms with Gasteiger partial charge in [-0.15, -0.1) is 24.0 Å². The Balaban J connectivity index is 0.00000364. The second-order valence-corrected chi connectivity index (χ2v) is 7.30. The predicted molar refractivity (Wildman–Crippen MR) is 122 cm³/mol. The smallest absolute Gasteiger partial charge is 0.191 e. The molecule has 1 aliphatic heterocycles. The van der Waals surface area contributed by atoms with Crippen molar-refractivity contribution in [2.45, 2.75) is 52.1 Å². The minimum Gasteiger partial charge on any atom is -0.383 e. The number of halogens is 1. The molecular formula is C19H37IN6O. The highest BCUT2D eigenvalue weighted by atomic mass is 127. The quantitative estimate of drug-likeness (QED) is 0.330. The second kappa shape index (κ2) is 11.9. The van der Waals surface area contributed by atoms with Gasteiger partial charge in [0.15, 0.2) is 5.96 Å². The third-order valence-electron chi connectivity index (χ3n) is 5.36. The first-order chi connectivity index (χ1) is 12.5. The van der Waals surface area contributed by atoms with E-state index in [4.69, 9.17) is 4.74 Å². The Morgan fingerprint density at radius 2 is 2.15 bits per heavy atom. The van der Waals surface area contributed by atoms with Gasteiger partial charge in [-0.2, -0.15) is 5.10 Å².